The molecule has 4 rings (SSSR count). The number of hydrogen-bond donors (Lipinski definition) is 0. The van der Waals surface area contributed by atoms with Gasteiger partial charge in [-0.3, -0.25) is 0 Å². The first kappa shape index (κ1) is 21.4. The standard InChI is InChI=1S/C24H30O6/c1-24(2)28-16-19(30-24)20-21(26-14-17-10-6-4-7-11-17)22(23(25-3)29-20)27-15-18-12-8-5-9-13-18/h4-13,19-23H,14-16H2,1-3H3/t19-,20+,21+,22-,23-/m1/s1. The van der Waals surface area contributed by atoms with E-state index in [0.29, 0.717) is 19.8 Å². The molecule has 6 heteroatoms. The Balaban J connectivity index is 1.51. The Morgan fingerprint density at radius 2 is 1.43 bits per heavy atom. The molecule has 0 aromatic heterocycles. The Bertz CT molecular complexity index is 781. The largest absolute Gasteiger partial charge is 0.368 e. The zero-order chi connectivity index (χ0) is 21.0. The first-order valence-electron chi connectivity index (χ1n) is 10.4. The second-order valence-corrected chi connectivity index (χ2v) is 8.09. The monoisotopic (exact) mass is 414 g/mol. The van der Waals surface area contributed by atoms with Crippen molar-refractivity contribution < 1.29 is 28.4 Å². The predicted octanol–water partition coefficient (Wildman–Crippen LogP) is 3.68. The molecule has 2 aromatic carbocycles. The molecule has 162 valence electrons. The number of ether oxygens (including phenoxy) is 6. The van der Waals surface area contributed by atoms with E-state index in [4.69, 9.17) is 28.4 Å². The van der Waals surface area contributed by atoms with E-state index in [-0.39, 0.29) is 18.3 Å². The van der Waals surface area contributed by atoms with Crippen LogP contribution in [0, 0.1) is 0 Å². The summed E-state index contributed by atoms with van der Waals surface area (Å²) in [6.45, 7) is 5.13. The van der Waals surface area contributed by atoms with Crippen LogP contribution in [0.2, 0.25) is 0 Å². The van der Waals surface area contributed by atoms with Gasteiger partial charge >= 0.3 is 0 Å². The molecule has 6 nitrogen and oxygen atoms in total. The molecular formula is C24H30O6. The summed E-state index contributed by atoms with van der Waals surface area (Å²) >= 11 is 0. The van der Waals surface area contributed by atoms with Crippen molar-refractivity contribution in [2.75, 3.05) is 13.7 Å². The summed E-state index contributed by atoms with van der Waals surface area (Å²) in [5, 5.41) is 0. The van der Waals surface area contributed by atoms with Gasteiger partial charge < -0.3 is 28.4 Å². The average molecular weight is 414 g/mol. The van der Waals surface area contributed by atoms with Gasteiger partial charge in [0.15, 0.2) is 12.1 Å². The van der Waals surface area contributed by atoms with E-state index < -0.39 is 18.2 Å². The number of benzene rings is 2. The molecule has 0 bridgehead atoms. The highest BCUT2D eigenvalue weighted by atomic mass is 16.8. The Morgan fingerprint density at radius 3 is 1.93 bits per heavy atom. The lowest BCUT2D eigenvalue weighted by Crippen LogP contribution is -2.43. The van der Waals surface area contributed by atoms with Gasteiger partial charge in [0.25, 0.3) is 0 Å². The van der Waals surface area contributed by atoms with Crippen LogP contribution in [0.3, 0.4) is 0 Å². The normalized spacial score (nSPS) is 30.6. The van der Waals surface area contributed by atoms with Crippen molar-refractivity contribution in [1.82, 2.24) is 0 Å². The minimum atomic E-state index is -0.649. The third-order valence-corrected chi connectivity index (χ3v) is 5.41. The first-order valence-corrected chi connectivity index (χ1v) is 10.4. The van der Waals surface area contributed by atoms with Crippen molar-refractivity contribution in [2.24, 2.45) is 0 Å². The van der Waals surface area contributed by atoms with Gasteiger partial charge in [-0.05, 0) is 25.0 Å². The fourth-order valence-corrected chi connectivity index (χ4v) is 3.91. The van der Waals surface area contributed by atoms with Crippen molar-refractivity contribution >= 4 is 0 Å². The molecule has 2 aliphatic rings. The van der Waals surface area contributed by atoms with Gasteiger partial charge in [0, 0.05) is 7.11 Å². The van der Waals surface area contributed by atoms with Crippen LogP contribution in [0.1, 0.15) is 25.0 Å². The van der Waals surface area contributed by atoms with Gasteiger partial charge in [0.05, 0.1) is 19.8 Å². The van der Waals surface area contributed by atoms with Gasteiger partial charge in [-0.15, -0.1) is 0 Å². The summed E-state index contributed by atoms with van der Waals surface area (Å²) in [5.41, 5.74) is 2.17. The summed E-state index contributed by atoms with van der Waals surface area (Å²) in [7, 11) is 1.62. The highest BCUT2D eigenvalue weighted by molar-refractivity contribution is 5.14. The Kier molecular flexibility index (Phi) is 6.83. The molecule has 2 heterocycles. The van der Waals surface area contributed by atoms with Gasteiger partial charge in [-0.25, -0.2) is 0 Å². The fourth-order valence-electron chi connectivity index (χ4n) is 3.91. The molecule has 0 amide bonds. The maximum Gasteiger partial charge on any atom is 0.186 e. The smallest absolute Gasteiger partial charge is 0.186 e. The quantitative estimate of drug-likeness (QED) is 0.657. The van der Waals surface area contributed by atoms with E-state index in [1.807, 2.05) is 74.5 Å². The molecule has 5 atom stereocenters. The summed E-state index contributed by atoms with van der Waals surface area (Å²) in [5.74, 6) is -0.649. The molecule has 2 aromatic rings. The summed E-state index contributed by atoms with van der Waals surface area (Å²) in [6.07, 6.45) is -1.92. The molecule has 2 saturated heterocycles. The second kappa shape index (κ2) is 9.56. The molecule has 0 unspecified atom stereocenters. The van der Waals surface area contributed by atoms with Crippen molar-refractivity contribution in [3.8, 4) is 0 Å². The van der Waals surface area contributed by atoms with Crippen LogP contribution in [0.4, 0.5) is 0 Å². The van der Waals surface area contributed by atoms with Crippen LogP contribution in [0.15, 0.2) is 60.7 Å². The lowest BCUT2D eigenvalue weighted by Gasteiger charge is -2.27. The average Bonchev–Trinajstić information content (AvgIpc) is 3.31. The first-order chi connectivity index (χ1) is 14.6. The molecule has 0 N–H and O–H groups in total. The number of methoxy groups -OCH3 is 1. The van der Waals surface area contributed by atoms with Crippen LogP contribution in [0.25, 0.3) is 0 Å². The molecule has 2 aliphatic heterocycles. The summed E-state index contributed by atoms with van der Waals surface area (Å²) in [4.78, 5) is 0. The van der Waals surface area contributed by atoms with Crippen LogP contribution in [-0.4, -0.2) is 50.2 Å². The fraction of sp³-hybridized carbons (Fsp3) is 0.500. The van der Waals surface area contributed by atoms with Crippen LogP contribution in [0.5, 0.6) is 0 Å². The van der Waals surface area contributed by atoms with Crippen molar-refractivity contribution in [2.45, 2.75) is 63.6 Å². The minimum Gasteiger partial charge on any atom is -0.368 e. The van der Waals surface area contributed by atoms with Gasteiger partial charge in [0.1, 0.15) is 24.4 Å². The van der Waals surface area contributed by atoms with E-state index in [1.165, 1.54) is 0 Å². The predicted molar refractivity (Wildman–Crippen MR) is 111 cm³/mol. The second-order valence-electron chi connectivity index (χ2n) is 8.09. The molecule has 30 heavy (non-hydrogen) atoms. The molecule has 0 spiro atoms. The van der Waals surface area contributed by atoms with Gasteiger partial charge in [-0.2, -0.15) is 0 Å². The third kappa shape index (κ3) is 5.09. The van der Waals surface area contributed by atoms with E-state index in [9.17, 15) is 0 Å². The minimum absolute atomic E-state index is 0.260. The van der Waals surface area contributed by atoms with E-state index >= 15 is 0 Å². The molecule has 2 fully saturated rings. The van der Waals surface area contributed by atoms with Crippen LogP contribution < -0.4 is 0 Å². The highest BCUT2D eigenvalue weighted by Crippen LogP contribution is 2.35. The topological polar surface area (TPSA) is 55.4 Å². The van der Waals surface area contributed by atoms with Gasteiger partial charge in [-0.1, -0.05) is 60.7 Å². The lowest BCUT2D eigenvalue weighted by atomic mass is 10.1. The SMILES string of the molecule is CO[C@@H]1O[C@@H]([C@H]2COC(C)(C)O2)[C@H](OCc2ccccc2)[C@H]1OCc1ccccc1. The zero-order valence-corrected chi connectivity index (χ0v) is 17.7. The van der Waals surface area contributed by atoms with Crippen molar-refractivity contribution in [3.05, 3.63) is 71.8 Å². The van der Waals surface area contributed by atoms with E-state index in [0.717, 1.165) is 11.1 Å². The Morgan fingerprint density at radius 1 is 0.867 bits per heavy atom. The maximum absolute atomic E-state index is 6.35. The number of hydrogen-bond acceptors (Lipinski definition) is 6. The Labute approximate surface area is 178 Å². The highest BCUT2D eigenvalue weighted by Gasteiger charge is 2.53. The molecule has 0 radical (unpaired) electrons. The zero-order valence-electron chi connectivity index (χ0n) is 17.7. The van der Waals surface area contributed by atoms with E-state index in [1.54, 1.807) is 7.11 Å². The molecule has 0 saturated carbocycles. The van der Waals surface area contributed by atoms with Crippen molar-refractivity contribution in [1.29, 1.82) is 0 Å². The number of rotatable bonds is 8. The summed E-state index contributed by atoms with van der Waals surface area (Å²) < 4.78 is 36.3. The molecule has 0 aliphatic carbocycles. The molecular weight excluding hydrogens is 384 g/mol. The van der Waals surface area contributed by atoms with Crippen molar-refractivity contribution in [3.63, 3.8) is 0 Å². The Hall–Kier alpha value is -1.80. The van der Waals surface area contributed by atoms with Gasteiger partial charge in [0.2, 0.25) is 0 Å². The third-order valence-electron chi connectivity index (χ3n) is 5.41. The van der Waals surface area contributed by atoms with Crippen LogP contribution in [-0.2, 0) is 41.6 Å². The maximum atomic E-state index is 6.35. The lowest BCUT2D eigenvalue weighted by molar-refractivity contribution is -0.190. The summed E-state index contributed by atoms with van der Waals surface area (Å²) in [6, 6.07) is 20.1. The van der Waals surface area contributed by atoms with Crippen LogP contribution >= 0.6 is 0 Å². The van der Waals surface area contributed by atoms with E-state index in [2.05, 4.69) is 0 Å².